The molecule has 0 unspecified atom stereocenters. The summed E-state index contributed by atoms with van der Waals surface area (Å²) >= 11 is 0. The fraction of sp³-hybridized carbons (Fsp3) is 0.867. The molecule has 0 aromatic heterocycles. The van der Waals surface area contributed by atoms with Crippen molar-refractivity contribution in [1.82, 2.24) is 4.90 Å². The Morgan fingerprint density at radius 3 is 2.25 bits per heavy atom. The Morgan fingerprint density at radius 2 is 1.80 bits per heavy atom. The van der Waals surface area contributed by atoms with Crippen molar-refractivity contribution in [2.24, 2.45) is 11.3 Å². The molecule has 1 amide bonds. The number of carboxylic acid groups (broad SMARTS) is 1. The van der Waals surface area contributed by atoms with Crippen molar-refractivity contribution in [2.45, 2.75) is 58.5 Å². The van der Waals surface area contributed by atoms with Crippen LogP contribution >= 0.6 is 0 Å². The number of aliphatic carboxylic acids is 1. The van der Waals surface area contributed by atoms with Crippen LogP contribution in [-0.2, 0) is 9.53 Å². The van der Waals surface area contributed by atoms with Crippen LogP contribution in [0.5, 0.6) is 0 Å². The van der Waals surface area contributed by atoms with Gasteiger partial charge in [-0.25, -0.2) is 4.79 Å². The van der Waals surface area contributed by atoms with E-state index in [9.17, 15) is 9.59 Å². The summed E-state index contributed by atoms with van der Waals surface area (Å²) in [5.74, 6) is -0.862. The second kappa shape index (κ2) is 5.26. The molecule has 1 atom stereocenters. The standard InChI is InChI=1S/C15H25NO4/c1-14(2,3)20-13(19)16-8-6-15(7-9-16)5-4-11(10-15)12(17)18/h11H,4-10H2,1-3H3,(H,17,18)/t11-/m1/s1. The van der Waals surface area contributed by atoms with Gasteiger partial charge in [-0.05, 0) is 58.3 Å². The van der Waals surface area contributed by atoms with E-state index >= 15 is 0 Å². The lowest BCUT2D eigenvalue weighted by molar-refractivity contribution is -0.141. The quantitative estimate of drug-likeness (QED) is 0.803. The van der Waals surface area contributed by atoms with E-state index in [0.717, 1.165) is 32.1 Å². The molecule has 0 aromatic carbocycles. The summed E-state index contributed by atoms with van der Waals surface area (Å²) in [7, 11) is 0. The first-order chi connectivity index (χ1) is 9.21. The van der Waals surface area contributed by atoms with Crippen LogP contribution in [0.2, 0.25) is 0 Å². The smallest absolute Gasteiger partial charge is 0.410 e. The maximum Gasteiger partial charge on any atom is 0.410 e. The molecule has 1 heterocycles. The van der Waals surface area contributed by atoms with E-state index < -0.39 is 11.6 Å². The van der Waals surface area contributed by atoms with Gasteiger partial charge in [-0.3, -0.25) is 4.79 Å². The van der Waals surface area contributed by atoms with Gasteiger partial charge in [0, 0.05) is 13.1 Å². The number of hydrogen-bond donors (Lipinski definition) is 1. The predicted molar refractivity (Wildman–Crippen MR) is 74.5 cm³/mol. The SMILES string of the molecule is CC(C)(C)OC(=O)N1CCC2(CC[C@@H](C(=O)O)C2)CC1. The average molecular weight is 283 g/mol. The van der Waals surface area contributed by atoms with Gasteiger partial charge in [0.05, 0.1) is 5.92 Å². The molecule has 1 saturated heterocycles. The molecular formula is C15H25NO4. The number of hydrogen-bond acceptors (Lipinski definition) is 3. The summed E-state index contributed by atoms with van der Waals surface area (Å²) in [6.07, 6.45) is 4.07. The highest BCUT2D eigenvalue weighted by Crippen LogP contribution is 2.49. The molecular weight excluding hydrogens is 258 g/mol. The number of amides is 1. The first-order valence-electron chi connectivity index (χ1n) is 7.42. The molecule has 1 aliphatic carbocycles. The van der Waals surface area contributed by atoms with Gasteiger partial charge < -0.3 is 14.7 Å². The van der Waals surface area contributed by atoms with Gasteiger partial charge in [0.25, 0.3) is 0 Å². The van der Waals surface area contributed by atoms with Gasteiger partial charge in [-0.15, -0.1) is 0 Å². The third-order valence-electron chi connectivity index (χ3n) is 4.53. The Balaban J connectivity index is 1.87. The highest BCUT2D eigenvalue weighted by atomic mass is 16.6. The third kappa shape index (κ3) is 3.44. The van der Waals surface area contributed by atoms with Crippen LogP contribution in [0.3, 0.4) is 0 Å². The molecule has 1 aliphatic heterocycles. The molecule has 2 fully saturated rings. The molecule has 2 aliphatic rings. The first kappa shape index (κ1) is 15.1. The Bertz CT molecular complexity index is 391. The number of carbonyl (C=O) groups excluding carboxylic acids is 1. The minimum absolute atomic E-state index is 0.140. The van der Waals surface area contributed by atoms with Gasteiger partial charge in [-0.1, -0.05) is 0 Å². The Morgan fingerprint density at radius 1 is 1.20 bits per heavy atom. The minimum Gasteiger partial charge on any atom is -0.481 e. The fourth-order valence-electron chi connectivity index (χ4n) is 3.36. The maximum atomic E-state index is 12.0. The van der Waals surface area contributed by atoms with Gasteiger partial charge in [0.1, 0.15) is 5.60 Å². The first-order valence-corrected chi connectivity index (χ1v) is 7.42. The molecule has 2 rings (SSSR count). The van der Waals surface area contributed by atoms with E-state index in [1.54, 1.807) is 4.90 Å². The van der Waals surface area contributed by atoms with E-state index in [-0.39, 0.29) is 17.4 Å². The Kier molecular flexibility index (Phi) is 3.98. The van der Waals surface area contributed by atoms with E-state index in [0.29, 0.717) is 13.1 Å². The summed E-state index contributed by atoms with van der Waals surface area (Å²) in [6, 6.07) is 0. The monoisotopic (exact) mass is 283 g/mol. The fourth-order valence-corrected chi connectivity index (χ4v) is 3.36. The number of carbonyl (C=O) groups is 2. The second-order valence-electron chi connectivity index (χ2n) is 7.25. The topological polar surface area (TPSA) is 66.8 Å². The van der Waals surface area contributed by atoms with Crippen molar-refractivity contribution >= 4 is 12.1 Å². The number of likely N-dealkylation sites (tertiary alicyclic amines) is 1. The molecule has 0 aromatic rings. The molecule has 114 valence electrons. The molecule has 5 heteroatoms. The maximum absolute atomic E-state index is 12.0. The number of nitrogens with zero attached hydrogens (tertiary/aromatic N) is 1. The average Bonchev–Trinajstić information content (AvgIpc) is 2.72. The van der Waals surface area contributed by atoms with Gasteiger partial charge in [-0.2, -0.15) is 0 Å². The lowest BCUT2D eigenvalue weighted by atomic mass is 9.76. The lowest BCUT2D eigenvalue weighted by Crippen LogP contribution is -2.44. The van der Waals surface area contributed by atoms with Crippen LogP contribution in [0.4, 0.5) is 4.79 Å². The van der Waals surface area contributed by atoms with Crippen LogP contribution in [0.1, 0.15) is 52.9 Å². The predicted octanol–water partition coefficient (Wildman–Crippen LogP) is 2.89. The van der Waals surface area contributed by atoms with E-state index in [1.807, 2.05) is 20.8 Å². The van der Waals surface area contributed by atoms with Crippen molar-refractivity contribution in [3.63, 3.8) is 0 Å². The largest absolute Gasteiger partial charge is 0.481 e. The van der Waals surface area contributed by atoms with Crippen LogP contribution in [0.15, 0.2) is 0 Å². The minimum atomic E-state index is -0.670. The normalized spacial score (nSPS) is 25.8. The third-order valence-corrected chi connectivity index (χ3v) is 4.53. The molecule has 5 nitrogen and oxygen atoms in total. The number of piperidine rings is 1. The molecule has 0 bridgehead atoms. The highest BCUT2D eigenvalue weighted by Gasteiger charge is 2.44. The van der Waals surface area contributed by atoms with Crippen LogP contribution in [0.25, 0.3) is 0 Å². The van der Waals surface area contributed by atoms with Gasteiger partial charge in [0.2, 0.25) is 0 Å². The van der Waals surface area contributed by atoms with E-state index in [4.69, 9.17) is 9.84 Å². The molecule has 20 heavy (non-hydrogen) atoms. The summed E-state index contributed by atoms with van der Waals surface area (Å²) in [6.45, 7) is 6.96. The number of carboxylic acids is 1. The van der Waals surface area contributed by atoms with Crippen LogP contribution in [-0.4, -0.2) is 40.8 Å². The highest BCUT2D eigenvalue weighted by molar-refractivity contribution is 5.70. The summed E-state index contributed by atoms with van der Waals surface area (Å²) in [5, 5.41) is 9.11. The van der Waals surface area contributed by atoms with Crippen molar-refractivity contribution < 1.29 is 19.4 Å². The van der Waals surface area contributed by atoms with Crippen molar-refractivity contribution in [1.29, 1.82) is 0 Å². The lowest BCUT2D eigenvalue weighted by Gasteiger charge is -2.39. The number of ether oxygens (including phenoxy) is 1. The van der Waals surface area contributed by atoms with Crippen LogP contribution in [0, 0.1) is 11.3 Å². The van der Waals surface area contributed by atoms with Crippen molar-refractivity contribution in [3.05, 3.63) is 0 Å². The van der Waals surface area contributed by atoms with Gasteiger partial charge >= 0.3 is 12.1 Å². The molecule has 1 N–H and O–H groups in total. The summed E-state index contributed by atoms with van der Waals surface area (Å²) < 4.78 is 5.38. The molecule has 1 spiro atoms. The molecule has 0 radical (unpaired) electrons. The summed E-state index contributed by atoms with van der Waals surface area (Å²) in [4.78, 5) is 24.8. The summed E-state index contributed by atoms with van der Waals surface area (Å²) in [5.41, 5.74) is -0.324. The van der Waals surface area contributed by atoms with E-state index in [2.05, 4.69) is 0 Å². The zero-order valence-corrected chi connectivity index (χ0v) is 12.6. The molecule has 1 saturated carbocycles. The zero-order valence-electron chi connectivity index (χ0n) is 12.6. The second-order valence-corrected chi connectivity index (χ2v) is 7.25. The Labute approximate surface area is 120 Å². The van der Waals surface area contributed by atoms with E-state index in [1.165, 1.54) is 0 Å². The van der Waals surface area contributed by atoms with Crippen molar-refractivity contribution in [2.75, 3.05) is 13.1 Å². The van der Waals surface area contributed by atoms with Crippen LogP contribution < -0.4 is 0 Å². The Hall–Kier alpha value is -1.26. The zero-order chi connectivity index (χ0) is 15.0. The van der Waals surface area contributed by atoms with Gasteiger partial charge in [0.15, 0.2) is 0 Å². The number of rotatable bonds is 1. The van der Waals surface area contributed by atoms with Crippen molar-refractivity contribution in [3.8, 4) is 0 Å².